The van der Waals surface area contributed by atoms with E-state index in [1.165, 1.54) is 0 Å². The second kappa shape index (κ2) is 7.07. The van der Waals surface area contributed by atoms with E-state index in [1.807, 2.05) is 12.1 Å². The SMILES string of the molecule is CN1CCN(c2ccc(Cl)cc2NC(=O)C2CCCC2O)CC1. The van der Waals surface area contributed by atoms with Crippen LogP contribution in [0.2, 0.25) is 5.02 Å². The summed E-state index contributed by atoms with van der Waals surface area (Å²) in [7, 11) is 2.11. The molecule has 5 nitrogen and oxygen atoms in total. The minimum Gasteiger partial charge on any atom is -0.392 e. The molecule has 2 aliphatic rings. The van der Waals surface area contributed by atoms with Gasteiger partial charge in [-0.05, 0) is 44.5 Å². The van der Waals surface area contributed by atoms with Gasteiger partial charge in [-0.2, -0.15) is 0 Å². The molecule has 23 heavy (non-hydrogen) atoms. The van der Waals surface area contributed by atoms with Crippen LogP contribution in [-0.2, 0) is 4.79 Å². The lowest BCUT2D eigenvalue weighted by atomic mass is 10.0. The summed E-state index contributed by atoms with van der Waals surface area (Å²) in [6, 6.07) is 5.62. The van der Waals surface area contributed by atoms with Crippen molar-refractivity contribution in [1.29, 1.82) is 0 Å². The van der Waals surface area contributed by atoms with Crippen LogP contribution in [-0.4, -0.2) is 55.2 Å². The third-order valence-electron chi connectivity index (χ3n) is 4.88. The first-order valence-electron chi connectivity index (χ1n) is 8.26. The van der Waals surface area contributed by atoms with Crippen LogP contribution in [0.3, 0.4) is 0 Å². The van der Waals surface area contributed by atoms with E-state index in [1.54, 1.807) is 6.07 Å². The van der Waals surface area contributed by atoms with Crippen LogP contribution in [0.25, 0.3) is 0 Å². The van der Waals surface area contributed by atoms with E-state index in [9.17, 15) is 9.90 Å². The zero-order valence-corrected chi connectivity index (χ0v) is 14.2. The fourth-order valence-corrected chi connectivity index (χ4v) is 3.58. The Balaban J connectivity index is 1.77. The smallest absolute Gasteiger partial charge is 0.230 e. The number of nitrogens with zero attached hydrogens (tertiary/aromatic N) is 2. The fourth-order valence-electron chi connectivity index (χ4n) is 3.40. The van der Waals surface area contributed by atoms with Gasteiger partial charge in [-0.1, -0.05) is 11.6 Å². The molecule has 1 aromatic rings. The van der Waals surface area contributed by atoms with Gasteiger partial charge in [0.05, 0.1) is 23.4 Å². The topological polar surface area (TPSA) is 55.8 Å². The molecule has 126 valence electrons. The molecule has 1 amide bonds. The summed E-state index contributed by atoms with van der Waals surface area (Å²) in [6.45, 7) is 3.84. The van der Waals surface area contributed by atoms with Gasteiger partial charge < -0.3 is 20.2 Å². The molecule has 1 heterocycles. The van der Waals surface area contributed by atoms with Crippen LogP contribution in [0.15, 0.2) is 18.2 Å². The number of likely N-dealkylation sites (N-methyl/N-ethyl adjacent to an activating group) is 1. The Bertz CT molecular complexity index is 573. The zero-order chi connectivity index (χ0) is 16.4. The standard InChI is InChI=1S/C17H24ClN3O2/c1-20-7-9-21(10-8-20)15-6-5-12(18)11-14(15)19-17(23)13-3-2-4-16(13)22/h5-6,11,13,16,22H,2-4,7-10H2,1H3,(H,19,23). The number of nitrogens with one attached hydrogen (secondary N) is 1. The number of carbonyl (C=O) groups excluding carboxylic acids is 1. The monoisotopic (exact) mass is 337 g/mol. The number of amides is 1. The molecule has 0 aromatic heterocycles. The Kier molecular flexibility index (Phi) is 5.09. The lowest BCUT2D eigenvalue weighted by molar-refractivity contribution is -0.122. The summed E-state index contributed by atoms with van der Waals surface area (Å²) in [4.78, 5) is 17.0. The van der Waals surface area contributed by atoms with Crippen molar-refractivity contribution in [2.45, 2.75) is 25.4 Å². The van der Waals surface area contributed by atoms with Crippen molar-refractivity contribution in [3.05, 3.63) is 23.2 Å². The van der Waals surface area contributed by atoms with Crippen LogP contribution in [0, 0.1) is 5.92 Å². The van der Waals surface area contributed by atoms with Crippen molar-refractivity contribution in [3.63, 3.8) is 0 Å². The quantitative estimate of drug-likeness (QED) is 0.887. The van der Waals surface area contributed by atoms with E-state index in [4.69, 9.17) is 11.6 Å². The van der Waals surface area contributed by atoms with Gasteiger partial charge in [-0.25, -0.2) is 0 Å². The number of piperazine rings is 1. The molecular weight excluding hydrogens is 314 g/mol. The van der Waals surface area contributed by atoms with Crippen molar-refractivity contribution in [3.8, 4) is 0 Å². The van der Waals surface area contributed by atoms with Crippen molar-refractivity contribution in [2.75, 3.05) is 43.4 Å². The summed E-state index contributed by atoms with van der Waals surface area (Å²) in [5.74, 6) is -0.415. The lowest BCUT2D eigenvalue weighted by Crippen LogP contribution is -2.44. The second-order valence-corrected chi connectivity index (χ2v) is 6.98. The van der Waals surface area contributed by atoms with E-state index in [-0.39, 0.29) is 11.8 Å². The van der Waals surface area contributed by atoms with Gasteiger partial charge in [0.2, 0.25) is 5.91 Å². The first-order valence-corrected chi connectivity index (χ1v) is 8.64. The summed E-state index contributed by atoms with van der Waals surface area (Å²) >= 11 is 6.12. The van der Waals surface area contributed by atoms with E-state index in [0.29, 0.717) is 11.4 Å². The number of halogens is 1. The molecule has 2 N–H and O–H groups in total. The van der Waals surface area contributed by atoms with Crippen molar-refractivity contribution >= 4 is 28.9 Å². The fraction of sp³-hybridized carbons (Fsp3) is 0.588. The number of carbonyl (C=O) groups is 1. The maximum absolute atomic E-state index is 12.5. The van der Waals surface area contributed by atoms with Crippen LogP contribution in [0.5, 0.6) is 0 Å². The number of aliphatic hydroxyl groups excluding tert-OH is 1. The molecule has 0 spiro atoms. The maximum Gasteiger partial charge on any atom is 0.230 e. The van der Waals surface area contributed by atoms with Gasteiger partial charge in [0.15, 0.2) is 0 Å². The van der Waals surface area contributed by atoms with Gasteiger partial charge in [-0.15, -0.1) is 0 Å². The number of anilines is 2. The van der Waals surface area contributed by atoms with Crippen LogP contribution >= 0.6 is 11.6 Å². The molecule has 2 atom stereocenters. The van der Waals surface area contributed by atoms with E-state index < -0.39 is 6.10 Å². The summed E-state index contributed by atoms with van der Waals surface area (Å²) in [5, 5.41) is 13.5. The largest absolute Gasteiger partial charge is 0.392 e. The molecular formula is C17H24ClN3O2. The number of hydrogen-bond donors (Lipinski definition) is 2. The van der Waals surface area contributed by atoms with Gasteiger partial charge >= 0.3 is 0 Å². The Labute approximate surface area is 142 Å². The lowest BCUT2D eigenvalue weighted by Gasteiger charge is -2.35. The molecule has 6 heteroatoms. The average Bonchev–Trinajstić information content (AvgIpc) is 2.95. The highest BCUT2D eigenvalue weighted by Gasteiger charge is 2.32. The Hall–Kier alpha value is -1.30. The highest BCUT2D eigenvalue weighted by atomic mass is 35.5. The summed E-state index contributed by atoms with van der Waals surface area (Å²) in [6.07, 6.45) is 1.83. The number of benzene rings is 1. The van der Waals surface area contributed by atoms with Crippen molar-refractivity contribution in [2.24, 2.45) is 5.92 Å². The third-order valence-corrected chi connectivity index (χ3v) is 5.11. The predicted octanol–water partition coefficient (Wildman–Crippen LogP) is 2.19. The molecule has 2 unspecified atom stereocenters. The van der Waals surface area contributed by atoms with E-state index >= 15 is 0 Å². The van der Waals surface area contributed by atoms with Gasteiger partial charge in [0.1, 0.15) is 0 Å². The van der Waals surface area contributed by atoms with E-state index in [2.05, 4.69) is 22.2 Å². The molecule has 3 rings (SSSR count). The van der Waals surface area contributed by atoms with Gasteiger partial charge in [0.25, 0.3) is 0 Å². The molecule has 1 aromatic carbocycles. The van der Waals surface area contributed by atoms with E-state index in [0.717, 1.165) is 50.4 Å². The first kappa shape index (κ1) is 16.6. The minimum absolute atomic E-state index is 0.104. The second-order valence-electron chi connectivity index (χ2n) is 6.55. The first-order chi connectivity index (χ1) is 11.0. The molecule has 1 saturated heterocycles. The van der Waals surface area contributed by atoms with Crippen LogP contribution in [0.1, 0.15) is 19.3 Å². The minimum atomic E-state index is -0.527. The Morgan fingerprint density at radius 2 is 2.00 bits per heavy atom. The van der Waals surface area contributed by atoms with Crippen molar-refractivity contribution < 1.29 is 9.90 Å². The Morgan fingerprint density at radius 3 is 2.65 bits per heavy atom. The molecule has 1 saturated carbocycles. The molecule has 1 aliphatic heterocycles. The predicted molar refractivity (Wildman–Crippen MR) is 93.1 cm³/mol. The molecule has 2 fully saturated rings. The van der Waals surface area contributed by atoms with Gasteiger partial charge in [0, 0.05) is 31.2 Å². The highest BCUT2D eigenvalue weighted by Crippen LogP contribution is 2.32. The molecule has 0 bridgehead atoms. The number of hydrogen-bond acceptors (Lipinski definition) is 4. The normalized spacial score (nSPS) is 25.6. The van der Waals surface area contributed by atoms with Crippen LogP contribution in [0.4, 0.5) is 11.4 Å². The summed E-state index contributed by atoms with van der Waals surface area (Å²) in [5.41, 5.74) is 1.74. The Morgan fingerprint density at radius 1 is 1.26 bits per heavy atom. The molecule has 0 radical (unpaired) electrons. The van der Waals surface area contributed by atoms with Crippen LogP contribution < -0.4 is 10.2 Å². The third kappa shape index (κ3) is 3.79. The van der Waals surface area contributed by atoms with Crippen molar-refractivity contribution in [1.82, 2.24) is 4.90 Å². The number of aliphatic hydroxyl groups is 1. The summed E-state index contributed by atoms with van der Waals surface area (Å²) < 4.78 is 0. The van der Waals surface area contributed by atoms with Gasteiger partial charge in [-0.3, -0.25) is 4.79 Å². The average molecular weight is 338 g/mol. The molecule has 1 aliphatic carbocycles. The highest BCUT2D eigenvalue weighted by molar-refractivity contribution is 6.31. The number of rotatable bonds is 3. The zero-order valence-electron chi connectivity index (χ0n) is 13.5. The maximum atomic E-state index is 12.5.